The average molecular weight is 388 g/mol. The number of hydrogen-bond acceptors (Lipinski definition) is 2. The molecular weight excluding hydrogens is 358 g/mol. The van der Waals surface area contributed by atoms with Crippen molar-refractivity contribution in [2.75, 3.05) is 6.61 Å². The number of hydrogen-bond donors (Lipinski definition) is 1. The first-order valence-electron chi connectivity index (χ1n) is 9.97. The number of rotatable bonds is 6. The Kier molecular flexibility index (Phi) is 6.38. The van der Waals surface area contributed by atoms with E-state index in [1.807, 2.05) is 54.6 Å². The quantitative estimate of drug-likeness (QED) is 0.600. The standard InChI is InChI=1S/C26H29NO2/c1-19-10-12-21(13-11-19)25(20-8-6-5-7-9-20)27-24(28)18-29-23-16-14-22(15-17-23)26(2,3)4/h5-17,25H,18H2,1-4H3,(H,27,28)/t25-/m1/s1. The minimum absolute atomic E-state index is 0.0238. The molecular formula is C26H29NO2. The van der Waals surface area contributed by atoms with E-state index < -0.39 is 0 Å². The molecule has 0 aliphatic carbocycles. The highest BCUT2D eigenvalue weighted by molar-refractivity contribution is 5.78. The Labute approximate surface area is 173 Å². The van der Waals surface area contributed by atoms with Gasteiger partial charge in [0.1, 0.15) is 5.75 Å². The van der Waals surface area contributed by atoms with E-state index in [0.717, 1.165) is 11.1 Å². The van der Waals surface area contributed by atoms with Crippen LogP contribution in [-0.2, 0) is 10.2 Å². The largest absolute Gasteiger partial charge is 0.484 e. The second kappa shape index (κ2) is 8.95. The van der Waals surface area contributed by atoms with Crippen molar-refractivity contribution < 1.29 is 9.53 Å². The Balaban J connectivity index is 1.68. The van der Waals surface area contributed by atoms with Crippen LogP contribution >= 0.6 is 0 Å². The summed E-state index contributed by atoms with van der Waals surface area (Å²) in [5.41, 5.74) is 4.60. The number of amides is 1. The molecule has 150 valence electrons. The zero-order chi connectivity index (χ0) is 20.9. The molecule has 3 aromatic carbocycles. The van der Waals surface area contributed by atoms with Crippen molar-refractivity contribution in [2.24, 2.45) is 0 Å². The molecule has 0 radical (unpaired) electrons. The van der Waals surface area contributed by atoms with Crippen molar-refractivity contribution in [1.82, 2.24) is 5.32 Å². The first-order chi connectivity index (χ1) is 13.8. The number of carbonyl (C=O) groups excluding carboxylic acids is 1. The molecule has 0 heterocycles. The number of carbonyl (C=O) groups is 1. The third-order valence-corrected chi connectivity index (χ3v) is 4.94. The predicted molar refractivity (Wildman–Crippen MR) is 118 cm³/mol. The molecule has 0 aromatic heterocycles. The molecule has 0 aliphatic heterocycles. The molecule has 3 heteroatoms. The van der Waals surface area contributed by atoms with Crippen molar-refractivity contribution in [3.8, 4) is 5.75 Å². The molecule has 3 nitrogen and oxygen atoms in total. The van der Waals surface area contributed by atoms with Crippen molar-refractivity contribution in [1.29, 1.82) is 0 Å². The Morgan fingerprint density at radius 2 is 1.45 bits per heavy atom. The smallest absolute Gasteiger partial charge is 0.258 e. The highest BCUT2D eigenvalue weighted by atomic mass is 16.5. The van der Waals surface area contributed by atoms with Gasteiger partial charge in [0.25, 0.3) is 5.91 Å². The molecule has 0 fully saturated rings. The van der Waals surface area contributed by atoms with Crippen LogP contribution in [0, 0.1) is 6.92 Å². The highest BCUT2D eigenvalue weighted by Crippen LogP contribution is 2.25. The summed E-state index contributed by atoms with van der Waals surface area (Å²) < 4.78 is 5.72. The van der Waals surface area contributed by atoms with Gasteiger partial charge in [-0.25, -0.2) is 0 Å². The van der Waals surface area contributed by atoms with E-state index in [9.17, 15) is 4.79 Å². The van der Waals surface area contributed by atoms with E-state index in [1.54, 1.807) is 0 Å². The van der Waals surface area contributed by atoms with Gasteiger partial charge in [0.05, 0.1) is 6.04 Å². The minimum Gasteiger partial charge on any atom is -0.484 e. The van der Waals surface area contributed by atoms with Gasteiger partial charge in [-0.3, -0.25) is 4.79 Å². The second-order valence-electron chi connectivity index (χ2n) is 8.38. The molecule has 1 N–H and O–H groups in total. The molecule has 3 rings (SSSR count). The van der Waals surface area contributed by atoms with Crippen LogP contribution in [0.4, 0.5) is 0 Å². The fraction of sp³-hybridized carbons (Fsp3) is 0.269. The van der Waals surface area contributed by atoms with Crippen LogP contribution in [0.15, 0.2) is 78.9 Å². The van der Waals surface area contributed by atoms with Gasteiger partial charge in [-0.05, 0) is 41.2 Å². The topological polar surface area (TPSA) is 38.3 Å². The SMILES string of the molecule is Cc1ccc([C@H](NC(=O)COc2ccc(C(C)(C)C)cc2)c2ccccc2)cc1. The third-order valence-electron chi connectivity index (χ3n) is 4.94. The van der Waals surface area contributed by atoms with Gasteiger partial charge in [0.2, 0.25) is 0 Å². The van der Waals surface area contributed by atoms with Crippen molar-refractivity contribution in [2.45, 2.75) is 39.2 Å². The number of benzene rings is 3. The van der Waals surface area contributed by atoms with E-state index in [1.165, 1.54) is 11.1 Å². The lowest BCUT2D eigenvalue weighted by molar-refractivity contribution is -0.123. The molecule has 1 amide bonds. The molecule has 0 saturated heterocycles. The molecule has 0 saturated carbocycles. The lowest BCUT2D eigenvalue weighted by Crippen LogP contribution is -2.33. The summed E-state index contributed by atoms with van der Waals surface area (Å²) in [5.74, 6) is 0.541. The normalized spacial score (nSPS) is 12.3. The van der Waals surface area contributed by atoms with Crippen molar-refractivity contribution >= 4 is 5.91 Å². The van der Waals surface area contributed by atoms with Gasteiger partial charge in [-0.15, -0.1) is 0 Å². The van der Waals surface area contributed by atoms with Crippen LogP contribution in [0.25, 0.3) is 0 Å². The summed E-state index contributed by atoms with van der Waals surface area (Å²) >= 11 is 0. The zero-order valence-electron chi connectivity index (χ0n) is 17.6. The predicted octanol–water partition coefficient (Wildman–Crippen LogP) is 5.58. The van der Waals surface area contributed by atoms with E-state index in [0.29, 0.717) is 5.75 Å². The fourth-order valence-corrected chi connectivity index (χ4v) is 3.17. The van der Waals surface area contributed by atoms with Crippen LogP contribution in [0.5, 0.6) is 5.75 Å². The van der Waals surface area contributed by atoms with E-state index in [-0.39, 0.29) is 24.0 Å². The maximum atomic E-state index is 12.6. The van der Waals surface area contributed by atoms with Gasteiger partial charge in [0.15, 0.2) is 6.61 Å². The molecule has 29 heavy (non-hydrogen) atoms. The average Bonchev–Trinajstić information content (AvgIpc) is 2.71. The van der Waals surface area contributed by atoms with Crippen molar-refractivity contribution in [3.05, 3.63) is 101 Å². The molecule has 1 atom stereocenters. The molecule has 0 unspecified atom stereocenters. The number of nitrogens with one attached hydrogen (secondary N) is 1. The summed E-state index contributed by atoms with van der Waals surface area (Å²) in [6.07, 6.45) is 0. The van der Waals surface area contributed by atoms with Gasteiger partial charge in [-0.1, -0.05) is 93.1 Å². The van der Waals surface area contributed by atoms with Gasteiger partial charge < -0.3 is 10.1 Å². The van der Waals surface area contributed by atoms with E-state index in [4.69, 9.17) is 4.74 Å². The van der Waals surface area contributed by atoms with Crippen LogP contribution in [0.3, 0.4) is 0 Å². The van der Waals surface area contributed by atoms with Gasteiger partial charge >= 0.3 is 0 Å². The molecule has 0 aliphatic rings. The first kappa shape index (κ1) is 20.7. The van der Waals surface area contributed by atoms with Crippen LogP contribution < -0.4 is 10.1 Å². The van der Waals surface area contributed by atoms with Crippen LogP contribution in [0.2, 0.25) is 0 Å². The monoisotopic (exact) mass is 387 g/mol. The second-order valence-corrected chi connectivity index (χ2v) is 8.38. The maximum Gasteiger partial charge on any atom is 0.258 e. The molecule has 0 bridgehead atoms. The van der Waals surface area contributed by atoms with Crippen LogP contribution in [0.1, 0.15) is 49.1 Å². The third kappa shape index (κ3) is 5.71. The lowest BCUT2D eigenvalue weighted by atomic mass is 9.87. The zero-order valence-corrected chi connectivity index (χ0v) is 17.6. The highest BCUT2D eigenvalue weighted by Gasteiger charge is 2.17. The summed E-state index contributed by atoms with van der Waals surface area (Å²) in [6, 6.07) is 25.9. The van der Waals surface area contributed by atoms with E-state index in [2.05, 4.69) is 57.3 Å². The molecule has 3 aromatic rings. The van der Waals surface area contributed by atoms with Crippen molar-refractivity contribution in [3.63, 3.8) is 0 Å². The van der Waals surface area contributed by atoms with Crippen LogP contribution in [-0.4, -0.2) is 12.5 Å². The fourth-order valence-electron chi connectivity index (χ4n) is 3.17. The summed E-state index contributed by atoms with van der Waals surface area (Å²) in [5, 5.41) is 3.11. The number of ether oxygens (including phenoxy) is 1. The van der Waals surface area contributed by atoms with Gasteiger partial charge in [-0.2, -0.15) is 0 Å². The first-order valence-corrected chi connectivity index (χ1v) is 9.97. The van der Waals surface area contributed by atoms with Gasteiger partial charge in [0, 0.05) is 0 Å². The lowest BCUT2D eigenvalue weighted by Gasteiger charge is -2.21. The number of aryl methyl sites for hydroxylation is 1. The Bertz CT molecular complexity index is 923. The Morgan fingerprint density at radius 3 is 2.03 bits per heavy atom. The summed E-state index contributed by atoms with van der Waals surface area (Å²) in [6.45, 7) is 8.55. The molecule has 0 spiro atoms. The Morgan fingerprint density at radius 1 is 0.862 bits per heavy atom. The minimum atomic E-state index is -0.212. The maximum absolute atomic E-state index is 12.6. The van der Waals surface area contributed by atoms with E-state index >= 15 is 0 Å². The summed E-state index contributed by atoms with van der Waals surface area (Å²) in [4.78, 5) is 12.6. The Hall–Kier alpha value is -3.07. The summed E-state index contributed by atoms with van der Waals surface area (Å²) in [7, 11) is 0.